The first-order valence-corrected chi connectivity index (χ1v) is 9.67. The summed E-state index contributed by atoms with van der Waals surface area (Å²) in [6.07, 6.45) is 3.68. The van der Waals surface area contributed by atoms with E-state index < -0.39 is 0 Å². The molecule has 0 aromatic rings. The predicted molar refractivity (Wildman–Crippen MR) is 97.9 cm³/mol. The number of nitrogens with zero attached hydrogens (tertiary/aromatic N) is 2. The van der Waals surface area contributed by atoms with Crippen molar-refractivity contribution in [2.45, 2.75) is 77.5 Å². The van der Waals surface area contributed by atoms with Gasteiger partial charge in [0.2, 0.25) is 5.91 Å². The van der Waals surface area contributed by atoms with E-state index in [0.717, 1.165) is 32.2 Å². The van der Waals surface area contributed by atoms with Crippen LogP contribution in [0, 0.1) is 11.8 Å². The quantitative estimate of drug-likeness (QED) is 0.735. The molecule has 1 aliphatic carbocycles. The van der Waals surface area contributed by atoms with E-state index in [1.54, 1.807) is 0 Å². The van der Waals surface area contributed by atoms with Gasteiger partial charge in [-0.15, -0.1) is 0 Å². The second-order valence-electron chi connectivity index (χ2n) is 8.27. The first kappa shape index (κ1) is 20.2. The number of amides is 1. The predicted octanol–water partition coefficient (Wildman–Crippen LogP) is 1.62. The summed E-state index contributed by atoms with van der Waals surface area (Å²) >= 11 is 0. The van der Waals surface area contributed by atoms with Crippen molar-refractivity contribution in [2.24, 2.45) is 17.6 Å². The van der Waals surface area contributed by atoms with Gasteiger partial charge >= 0.3 is 5.97 Å². The third-order valence-electron chi connectivity index (χ3n) is 5.90. The lowest BCUT2D eigenvalue weighted by Crippen LogP contribution is -2.52. The Morgan fingerprint density at radius 2 is 1.96 bits per heavy atom. The summed E-state index contributed by atoms with van der Waals surface area (Å²) in [5.74, 6) is -0.0571. The molecule has 2 rings (SSSR count). The fourth-order valence-electron chi connectivity index (χ4n) is 4.01. The van der Waals surface area contributed by atoms with Crippen molar-refractivity contribution in [1.82, 2.24) is 9.80 Å². The van der Waals surface area contributed by atoms with E-state index in [-0.39, 0.29) is 35.8 Å². The molecule has 4 atom stereocenters. The molecule has 2 fully saturated rings. The van der Waals surface area contributed by atoms with Gasteiger partial charge in [0.15, 0.2) is 0 Å². The Labute approximate surface area is 152 Å². The van der Waals surface area contributed by atoms with Crippen LogP contribution < -0.4 is 5.73 Å². The molecule has 1 aliphatic heterocycles. The van der Waals surface area contributed by atoms with Gasteiger partial charge in [-0.05, 0) is 46.6 Å². The number of ether oxygens (including phenoxy) is 1. The van der Waals surface area contributed by atoms with Gasteiger partial charge in [0.25, 0.3) is 0 Å². The van der Waals surface area contributed by atoms with E-state index in [4.69, 9.17) is 10.5 Å². The second kappa shape index (κ2) is 8.49. The summed E-state index contributed by atoms with van der Waals surface area (Å²) in [6.45, 7) is 9.21. The van der Waals surface area contributed by atoms with Crippen LogP contribution in [0.15, 0.2) is 0 Å². The first-order valence-electron chi connectivity index (χ1n) is 9.67. The summed E-state index contributed by atoms with van der Waals surface area (Å²) in [6, 6.07) is 0.709. The van der Waals surface area contributed by atoms with Crippen molar-refractivity contribution in [3.05, 3.63) is 0 Å². The van der Waals surface area contributed by atoms with E-state index >= 15 is 0 Å². The zero-order valence-corrected chi connectivity index (χ0v) is 16.4. The molecule has 2 N–H and O–H groups in total. The number of carbonyl (C=O) groups is 2. The second-order valence-corrected chi connectivity index (χ2v) is 8.27. The number of esters is 1. The molecule has 25 heavy (non-hydrogen) atoms. The zero-order chi connectivity index (χ0) is 18.7. The molecule has 1 unspecified atom stereocenters. The Balaban J connectivity index is 2.08. The maximum Gasteiger partial charge on any atom is 0.308 e. The minimum absolute atomic E-state index is 0.0563. The number of carbonyl (C=O) groups excluding carboxylic acids is 2. The average molecular weight is 354 g/mol. The summed E-state index contributed by atoms with van der Waals surface area (Å²) in [4.78, 5) is 28.7. The molecule has 144 valence electrons. The Morgan fingerprint density at radius 1 is 1.28 bits per heavy atom. The zero-order valence-electron chi connectivity index (χ0n) is 16.4. The van der Waals surface area contributed by atoms with Gasteiger partial charge in [-0.1, -0.05) is 13.8 Å². The SMILES string of the molecule is CC(C)C(=O)OC[C@@H]1C[C@H](N(C)C(C)C)CC[C@@H]1N1CCC(N)C1=O. The number of rotatable bonds is 6. The average Bonchev–Trinajstić information content (AvgIpc) is 2.90. The monoisotopic (exact) mass is 353 g/mol. The molecule has 6 nitrogen and oxygen atoms in total. The van der Waals surface area contributed by atoms with Crippen LogP contribution in [0.1, 0.15) is 53.4 Å². The van der Waals surface area contributed by atoms with E-state index in [1.165, 1.54) is 0 Å². The van der Waals surface area contributed by atoms with Crippen molar-refractivity contribution in [1.29, 1.82) is 0 Å². The van der Waals surface area contributed by atoms with Crippen molar-refractivity contribution in [2.75, 3.05) is 20.2 Å². The van der Waals surface area contributed by atoms with Gasteiger partial charge in [0.05, 0.1) is 18.6 Å². The van der Waals surface area contributed by atoms with Crippen LogP contribution in [0.2, 0.25) is 0 Å². The number of hydrogen-bond donors (Lipinski definition) is 1. The Bertz CT molecular complexity index is 481. The fourth-order valence-corrected chi connectivity index (χ4v) is 4.01. The highest BCUT2D eigenvalue weighted by Gasteiger charge is 2.41. The molecular formula is C19H35N3O3. The molecule has 0 aromatic heterocycles. The molecule has 0 spiro atoms. The Morgan fingerprint density at radius 3 is 2.48 bits per heavy atom. The molecular weight excluding hydrogens is 318 g/mol. The minimum Gasteiger partial charge on any atom is -0.465 e. The van der Waals surface area contributed by atoms with Gasteiger partial charge < -0.3 is 20.3 Å². The minimum atomic E-state index is -0.366. The summed E-state index contributed by atoms with van der Waals surface area (Å²) in [5, 5.41) is 0. The summed E-state index contributed by atoms with van der Waals surface area (Å²) in [7, 11) is 2.16. The van der Waals surface area contributed by atoms with Crippen molar-refractivity contribution in [3.63, 3.8) is 0 Å². The maximum absolute atomic E-state index is 12.4. The van der Waals surface area contributed by atoms with E-state index in [0.29, 0.717) is 18.7 Å². The van der Waals surface area contributed by atoms with Crippen molar-refractivity contribution in [3.8, 4) is 0 Å². The maximum atomic E-state index is 12.4. The normalized spacial score (nSPS) is 30.6. The smallest absolute Gasteiger partial charge is 0.308 e. The lowest BCUT2D eigenvalue weighted by atomic mass is 9.80. The van der Waals surface area contributed by atoms with Crippen LogP contribution in [-0.4, -0.2) is 66.0 Å². The van der Waals surface area contributed by atoms with Gasteiger partial charge in [-0.3, -0.25) is 9.59 Å². The molecule has 1 saturated carbocycles. The summed E-state index contributed by atoms with van der Waals surface area (Å²) < 4.78 is 5.56. The van der Waals surface area contributed by atoms with Gasteiger partial charge in [0, 0.05) is 30.6 Å². The van der Waals surface area contributed by atoms with E-state index in [1.807, 2.05) is 18.7 Å². The van der Waals surface area contributed by atoms with E-state index in [9.17, 15) is 9.59 Å². The Kier molecular flexibility index (Phi) is 6.86. The largest absolute Gasteiger partial charge is 0.465 e. The number of hydrogen-bond acceptors (Lipinski definition) is 5. The van der Waals surface area contributed by atoms with Crippen LogP contribution in [0.3, 0.4) is 0 Å². The van der Waals surface area contributed by atoms with Crippen molar-refractivity contribution >= 4 is 11.9 Å². The van der Waals surface area contributed by atoms with Crippen LogP contribution >= 0.6 is 0 Å². The fraction of sp³-hybridized carbons (Fsp3) is 0.895. The molecule has 0 aromatic carbocycles. The topological polar surface area (TPSA) is 75.9 Å². The Hall–Kier alpha value is -1.14. The highest BCUT2D eigenvalue weighted by Crippen LogP contribution is 2.34. The van der Waals surface area contributed by atoms with Crippen LogP contribution in [0.5, 0.6) is 0 Å². The molecule has 1 saturated heterocycles. The highest BCUT2D eigenvalue weighted by atomic mass is 16.5. The van der Waals surface area contributed by atoms with Gasteiger partial charge in [-0.25, -0.2) is 0 Å². The van der Waals surface area contributed by atoms with Gasteiger partial charge in [-0.2, -0.15) is 0 Å². The summed E-state index contributed by atoms with van der Waals surface area (Å²) in [5.41, 5.74) is 5.91. The van der Waals surface area contributed by atoms with Crippen LogP contribution in [-0.2, 0) is 14.3 Å². The number of nitrogens with two attached hydrogens (primary N) is 1. The van der Waals surface area contributed by atoms with E-state index in [2.05, 4.69) is 25.8 Å². The third-order valence-corrected chi connectivity index (χ3v) is 5.90. The van der Waals surface area contributed by atoms with Gasteiger partial charge in [0.1, 0.15) is 0 Å². The molecule has 2 aliphatic rings. The molecule has 1 amide bonds. The lowest BCUT2D eigenvalue weighted by Gasteiger charge is -2.44. The molecule has 0 bridgehead atoms. The molecule has 6 heteroatoms. The standard InChI is InChI=1S/C19H35N3O3/c1-12(2)19(24)25-11-14-10-15(21(5)13(3)4)6-7-17(14)22-9-8-16(20)18(22)23/h12-17H,6-11,20H2,1-5H3/t14-,15+,16?,17-/m0/s1. The number of likely N-dealkylation sites (tertiary alicyclic amines) is 1. The van der Waals surface area contributed by atoms with Crippen molar-refractivity contribution < 1.29 is 14.3 Å². The molecule has 1 heterocycles. The highest BCUT2D eigenvalue weighted by molar-refractivity contribution is 5.84. The van der Waals surface area contributed by atoms with Crippen LogP contribution in [0.25, 0.3) is 0 Å². The third kappa shape index (κ3) is 4.73. The van der Waals surface area contributed by atoms with Crippen LogP contribution in [0.4, 0.5) is 0 Å². The lowest BCUT2D eigenvalue weighted by molar-refractivity contribution is -0.150. The molecule has 0 radical (unpaired) electrons. The first-order chi connectivity index (χ1) is 11.7.